The highest BCUT2D eigenvalue weighted by atomic mass is 79.9. The maximum absolute atomic E-state index is 12.2. The maximum Gasteiger partial charge on any atom is 0.255 e. The first-order chi connectivity index (χ1) is 10.1. The van der Waals surface area contributed by atoms with Crippen molar-refractivity contribution < 1.29 is 14.3 Å². The number of benzene rings is 2. The van der Waals surface area contributed by atoms with E-state index in [1.807, 2.05) is 0 Å². The predicted molar refractivity (Wildman–Crippen MR) is 84.5 cm³/mol. The van der Waals surface area contributed by atoms with Gasteiger partial charge in [0.2, 0.25) is 0 Å². The molecular formula is C15H11BrClNO3. The van der Waals surface area contributed by atoms with E-state index in [0.29, 0.717) is 45.5 Å². The number of amides is 1. The fraction of sp³-hybridized carbons (Fsp3) is 0.133. The molecule has 0 spiro atoms. The molecule has 0 unspecified atom stereocenters. The summed E-state index contributed by atoms with van der Waals surface area (Å²) in [5.74, 6) is 1.11. The van der Waals surface area contributed by atoms with Crippen LogP contribution in [0.15, 0.2) is 40.9 Å². The number of rotatable bonds is 2. The van der Waals surface area contributed by atoms with Crippen molar-refractivity contribution in [2.75, 3.05) is 18.5 Å². The van der Waals surface area contributed by atoms with Crippen LogP contribution in [0.5, 0.6) is 11.5 Å². The Morgan fingerprint density at radius 2 is 1.86 bits per heavy atom. The molecule has 1 aliphatic rings. The van der Waals surface area contributed by atoms with Gasteiger partial charge in [-0.25, -0.2) is 0 Å². The van der Waals surface area contributed by atoms with Crippen LogP contribution in [0.25, 0.3) is 0 Å². The Labute approximate surface area is 135 Å². The summed E-state index contributed by atoms with van der Waals surface area (Å²) in [5, 5.41) is 3.38. The number of ether oxygens (including phenoxy) is 2. The van der Waals surface area contributed by atoms with Crippen LogP contribution in [0.1, 0.15) is 10.4 Å². The molecule has 1 aliphatic heterocycles. The lowest BCUT2D eigenvalue weighted by atomic mass is 10.2. The number of halogens is 2. The molecule has 3 rings (SSSR count). The molecular weight excluding hydrogens is 358 g/mol. The number of nitrogens with one attached hydrogen (secondary N) is 1. The van der Waals surface area contributed by atoms with Crippen LogP contribution in [0.2, 0.25) is 5.02 Å². The smallest absolute Gasteiger partial charge is 0.255 e. The average Bonchev–Trinajstić information content (AvgIpc) is 2.50. The Hall–Kier alpha value is -1.72. The topological polar surface area (TPSA) is 47.6 Å². The molecule has 1 amide bonds. The second kappa shape index (κ2) is 5.95. The molecule has 0 radical (unpaired) electrons. The lowest BCUT2D eigenvalue weighted by molar-refractivity contribution is 0.102. The molecule has 1 heterocycles. The van der Waals surface area contributed by atoms with E-state index in [-0.39, 0.29) is 5.91 Å². The minimum absolute atomic E-state index is 0.218. The third-order valence-electron chi connectivity index (χ3n) is 2.98. The summed E-state index contributed by atoms with van der Waals surface area (Å²) in [6, 6.07) is 10.3. The van der Waals surface area contributed by atoms with E-state index < -0.39 is 0 Å². The van der Waals surface area contributed by atoms with Crippen LogP contribution in [0.3, 0.4) is 0 Å². The number of carbonyl (C=O) groups excluding carboxylic acids is 1. The highest BCUT2D eigenvalue weighted by molar-refractivity contribution is 9.10. The Morgan fingerprint density at radius 3 is 2.62 bits per heavy atom. The summed E-state index contributed by atoms with van der Waals surface area (Å²) in [7, 11) is 0. The van der Waals surface area contributed by atoms with Gasteiger partial charge in [-0.2, -0.15) is 0 Å². The monoisotopic (exact) mass is 367 g/mol. The SMILES string of the molecule is O=C(Nc1ccc2c(c1)OCCO2)c1ccc(Cl)c(Br)c1. The molecule has 21 heavy (non-hydrogen) atoms. The Balaban J connectivity index is 1.79. The van der Waals surface area contributed by atoms with Gasteiger partial charge in [0, 0.05) is 21.8 Å². The fourth-order valence-corrected chi connectivity index (χ4v) is 2.46. The van der Waals surface area contributed by atoms with Crippen LogP contribution < -0.4 is 14.8 Å². The first-order valence-corrected chi connectivity index (χ1v) is 7.46. The Bertz CT molecular complexity index is 705. The van der Waals surface area contributed by atoms with Gasteiger partial charge < -0.3 is 14.8 Å². The zero-order valence-corrected chi connectivity index (χ0v) is 13.2. The maximum atomic E-state index is 12.2. The first kappa shape index (κ1) is 14.2. The van der Waals surface area contributed by atoms with E-state index in [1.165, 1.54) is 0 Å². The molecule has 1 N–H and O–H groups in total. The molecule has 0 aromatic heterocycles. The van der Waals surface area contributed by atoms with Gasteiger partial charge in [-0.3, -0.25) is 4.79 Å². The number of hydrogen-bond acceptors (Lipinski definition) is 3. The second-order valence-electron chi connectivity index (χ2n) is 4.44. The predicted octanol–water partition coefficient (Wildman–Crippen LogP) is 4.13. The van der Waals surface area contributed by atoms with Crippen molar-refractivity contribution in [3.05, 3.63) is 51.5 Å². The van der Waals surface area contributed by atoms with Crippen molar-refractivity contribution in [1.29, 1.82) is 0 Å². The molecule has 108 valence electrons. The van der Waals surface area contributed by atoms with Gasteiger partial charge in [0.1, 0.15) is 13.2 Å². The lowest BCUT2D eigenvalue weighted by Crippen LogP contribution is -2.16. The summed E-state index contributed by atoms with van der Waals surface area (Å²) in [6.07, 6.45) is 0. The largest absolute Gasteiger partial charge is 0.486 e. The van der Waals surface area contributed by atoms with E-state index in [1.54, 1.807) is 36.4 Å². The van der Waals surface area contributed by atoms with Gasteiger partial charge in [-0.05, 0) is 46.3 Å². The number of carbonyl (C=O) groups is 1. The van der Waals surface area contributed by atoms with E-state index >= 15 is 0 Å². The van der Waals surface area contributed by atoms with E-state index in [0.717, 1.165) is 0 Å². The third kappa shape index (κ3) is 3.14. The number of anilines is 1. The molecule has 0 saturated heterocycles. The van der Waals surface area contributed by atoms with E-state index in [2.05, 4.69) is 21.2 Å². The summed E-state index contributed by atoms with van der Waals surface area (Å²) < 4.78 is 11.6. The zero-order valence-electron chi connectivity index (χ0n) is 10.9. The van der Waals surface area contributed by atoms with Crippen molar-refractivity contribution in [3.63, 3.8) is 0 Å². The van der Waals surface area contributed by atoms with Crippen molar-refractivity contribution in [2.24, 2.45) is 0 Å². The molecule has 0 atom stereocenters. The first-order valence-electron chi connectivity index (χ1n) is 6.29. The molecule has 0 fully saturated rings. The average molecular weight is 369 g/mol. The van der Waals surface area contributed by atoms with Crippen LogP contribution in [0, 0.1) is 0 Å². The van der Waals surface area contributed by atoms with E-state index in [9.17, 15) is 4.79 Å². The molecule has 0 aliphatic carbocycles. The number of hydrogen-bond donors (Lipinski definition) is 1. The van der Waals surface area contributed by atoms with Gasteiger partial charge in [-0.15, -0.1) is 0 Å². The summed E-state index contributed by atoms with van der Waals surface area (Å²) >= 11 is 9.22. The van der Waals surface area contributed by atoms with Crippen LogP contribution in [-0.2, 0) is 0 Å². The van der Waals surface area contributed by atoms with Crippen molar-refractivity contribution in [1.82, 2.24) is 0 Å². The molecule has 0 bridgehead atoms. The van der Waals surface area contributed by atoms with Crippen LogP contribution >= 0.6 is 27.5 Å². The quantitative estimate of drug-likeness (QED) is 0.867. The van der Waals surface area contributed by atoms with Gasteiger partial charge in [-0.1, -0.05) is 11.6 Å². The molecule has 6 heteroatoms. The van der Waals surface area contributed by atoms with Crippen LogP contribution in [-0.4, -0.2) is 19.1 Å². The van der Waals surface area contributed by atoms with Gasteiger partial charge in [0.15, 0.2) is 11.5 Å². The molecule has 0 saturated carbocycles. The van der Waals surface area contributed by atoms with Crippen molar-refractivity contribution in [2.45, 2.75) is 0 Å². The summed E-state index contributed by atoms with van der Waals surface area (Å²) in [5.41, 5.74) is 1.16. The molecule has 2 aromatic carbocycles. The normalized spacial score (nSPS) is 12.9. The van der Waals surface area contributed by atoms with Gasteiger partial charge >= 0.3 is 0 Å². The minimum atomic E-state index is -0.218. The zero-order chi connectivity index (χ0) is 14.8. The number of fused-ring (bicyclic) bond motifs is 1. The van der Waals surface area contributed by atoms with Crippen LogP contribution in [0.4, 0.5) is 5.69 Å². The highest BCUT2D eigenvalue weighted by Crippen LogP contribution is 2.32. The fourth-order valence-electron chi connectivity index (χ4n) is 1.96. The van der Waals surface area contributed by atoms with Gasteiger partial charge in [0.25, 0.3) is 5.91 Å². The Kier molecular flexibility index (Phi) is 4.03. The second-order valence-corrected chi connectivity index (χ2v) is 5.70. The highest BCUT2D eigenvalue weighted by Gasteiger charge is 2.13. The van der Waals surface area contributed by atoms with Gasteiger partial charge in [0.05, 0.1) is 5.02 Å². The molecule has 4 nitrogen and oxygen atoms in total. The standard InChI is InChI=1S/C15H11BrClNO3/c16-11-7-9(1-3-12(11)17)15(19)18-10-2-4-13-14(8-10)21-6-5-20-13/h1-4,7-8H,5-6H2,(H,18,19). The van der Waals surface area contributed by atoms with Crippen molar-refractivity contribution in [3.8, 4) is 11.5 Å². The van der Waals surface area contributed by atoms with Crippen molar-refractivity contribution >= 4 is 39.1 Å². The summed E-state index contributed by atoms with van der Waals surface area (Å²) in [4.78, 5) is 12.2. The minimum Gasteiger partial charge on any atom is -0.486 e. The summed E-state index contributed by atoms with van der Waals surface area (Å²) in [6.45, 7) is 1.05. The van der Waals surface area contributed by atoms with E-state index in [4.69, 9.17) is 21.1 Å². The third-order valence-corrected chi connectivity index (χ3v) is 4.20. The lowest BCUT2D eigenvalue weighted by Gasteiger charge is -2.19. The molecule has 2 aromatic rings. The Morgan fingerprint density at radius 1 is 1.10 bits per heavy atom.